The number of aromatic nitrogens is 1. The zero-order valence-corrected chi connectivity index (χ0v) is 17.2. The first-order valence-corrected chi connectivity index (χ1v) is 10.1. The first kappa shape index (κ1) is 19.4. The van der Waals surface area contributed by atoms with Crippen LogP contribution in [-0.2, 0) is 4.79 Å². The van der Waals surface area contributed by atoms with Gasteiger partial charge in [-0.15, -0.1) is 0 Å². The Labute approximate surface area is 176 Å². The summed E-state index contributed by atoms with van der Waals surface area (Å²) in [5, 5.41) is 3.37. The predicted molar refractivity (Wildman–Crippen MR) is 117 cm³/mol. The van der Waals surface area contributed by atoms with Gasteiger partial charge in [-0.25, -0.2) is 0 Å². The molecule has 0 aliphatic carbocycles. The molecule has 1 aliphatic heterocycles. The van der Waals surface area contributed by atoms with Gasteiger partial charge in [-0.2, -0.15) is 0 Å². The molecule has 1 aliphatic rings. The number of fused-ring (bicyclic) bond motifs is 1. The van der Waals surface area contributed by atoms with Gasteiger partial charge in [0.25, 0.3) is 5.91 Å². The highest BCUT2D eigenvalue weighted by molar-refractivity contribution is 8.26. The van der Waals surface area contributed by atoms with Crippen molar-refractivity contribution in [1.29, 1.82) is 0 Å². The van der Waals surface area contributed by atoms with Crippen LogP contribution in [0.5, 0.6) is 5.75 Å². The molecule has 0 atom stereocenters. The molecule has 8 heteroatoms. The van der Waals surface area contributed by atoms with Crippen LogP contribution in [0.4, 0.5) is 0 Å². The molecule has 0 spiro atoms. The third-order valence-corrected chi connectivity index (χ3v) is 5.33. The van der Waals surface area contributed by atoms with E-state index in [-0.39, 0.29) is 12.0 Å². The number of carbonyl (C=O) groups is 2. The zero-order valence-electron chi connectivity index (χ0n) is 15.6. The van der Waals surface area contributed by atoms with E-state index in [1.807, 2.05) is 26.0 Å². The third kappa shape index (κ3) is 3.94. The number of furan rings is 1. The van der Waals surface area contributed by atoms with E-state index in [1.165, 1.54) is 11.8 Å². The van der Waals surface area contributed by atoms with Gasteiger partial charge < -0.3 is 14.5 Å². The van der Waals surface area contributed by atoms with Gasteiger partial charge in [0.05, 0.1) is 16.6 Å². The lowest BCUT2D eigenvalue weighted by atomic mass is 10.0. The number of amides is 1. The third-order valence-electron chi connectivity index (χ3n) is 4.17. The Morgan fingerprint density at radius 3 is 2.79 bits per heavy atom. The van der Waals surface area contributed by atoms with Crippen molar-refractivity contribution in [3.8, 4) is 16.9 Å². The van der Waals surface area contributed by atoms with E-state index in [2.05, 4.69) is 10.3 Å². The van der Waals surface area contributed by atoms with Gasteiger partial charge in [0.15, 0.2) is 6.29 Å². The minimum absolute atomic E-state index is 0.0381. The molecule has 4 rings (SSSR count). The Bertz CT molecular complexity index is 1180. The fraction of sp³-hybridized carbons (Fsp3) is 0.143. The first-order valence-electron chi connectivity index (χ1n) is 8.83. The van der Waals surface area contributed by atoms with Crippen LogP contribution in [0.1, 0.15) is 30.0 Å². The van der Waals surface area contributed by atoms with Gasteiger partial charge in [0.1, 0.15) is 21.4 Å². The van der Waals surface area contributed by atoms with Crippen LogP contribution in [0, 0.1) is 0 Å². The van der Waals surface area contributed by atoms with Crippen molar-refractivity contribution in [2.24, 2.45) is 0 Å². The van der Waals surface area contributed by atoms with Gasteiger partial charge in [-0.3, -0.25) is 14.6 Å². The van der Waals surface area contributed by atoms with Crippen molar-refractivity contribution in [2.45, 2.75) is 20.0 Å². The molecule has 2 aromatic heterocycles. The molecule has 0 unspecified atom stereocenters. The monoisotopic (exact) mass is 424 g/mol. The van der Waals surface area contributed by atoms with Crippen molar-refractivity contribution >= 4 is 57.5 Å². The Kier molecular flexibility index (Phi) is 5.21. The maximum absolute atomic E-state index is 11.9. The number of hydrogen-bond donors (Lipinski definition) is 1. The second kappa shape index (κ2) is 7.81. The summed E-state index contributed by atoms with van der Waals surface area (Å²) in [6.45, 7) is 3.81. The maximum atomic E-state index is 11.9. The minimum Gasteiger partial charge on any atom is -0.490 e. The number of rotatable bonds is 5. The second-order valence-corrected chi connectivity index (χ2v) is 8.36. The fourth-order valence-electron chi connectivity index (χ4n) is 2.98. The van der Waals surface area contributed by atoms with Crippen LogP contribution in [0.25, 0.3) is 28.2 Å². The molecule has 0 bridgehead atoms. The number of nitrogens with zero attached hydrogens (tertiary/aromatic N) is 1. The molecule has 29 heavy (non-hydrogen) atoms. The average molecular weight is 425 g/mol. The highest BCUT2D eigenvalue weighted by atomic mass is 32.2. The molecule has 1 aromatic carbocycles. The highest BCUT2D eigenvalue weighted by Crippen LogP contribution is 2.34. The van der Waals surface area contributed by atoms with Gasteiger partial charge in [0, 0.05) is 29.4 Å². The molecule has 3 aromatic rings. The van der Waals surface area contributed by atoms with Gasteiger partial charge in [0.2, 0.25) is 0 Å². The molecule has 1 amide bonds. The number of carbonyl (C=O) groups excluding carboxylic acids is 2. The Balaban J connectivity index is 1.76. The van der Waals surface area contributed by atoms with E-state index in [0.717, 1.165) is 22.8 Å². The normalized spacial score (nSPS) is 15.3. The van der Waals surface area contributed by atoms with Crippen molar-refractivity contribution in [2.75, 3.05) is 0 Å². The van der Waals surface area contributed by atoms with Crippen molar-refractivity contribution < 1.29 is 18.7 Å². The summed E-state index contributed by atoms with van der Waals surface area (Å²) in [5.74, 6) is 0.811. The number of benzene rings is 1. The quantitative estimate of drug-likeness (QED) is 0.365. The number of pyridine rings is 1. The summed E-state index contributed by atoms with van der Waals surface area (Å²) in [4.78, 5) is 28.2. The molecular weight excluding hydrogens is 408 g/mol. The first-order chi connectivity index (χ1) is 13.9. The number of thioether (sulfide) groups is 1. The van der Waals surface area contributed by atoms with Crippen molar-refractivity contribution in [3.05, 3.63) is 52.9 Å². The lowest BCUT2D eigenvalue weighted by Crippen LogP contribution is -2.17. The van der Waals surface area contributed by atoms with Crippen LogP contribution in [-0.4, -0.2) is 27.6 Å². The largest absolute Gasteiger partial charge is 0.490 e. The molecule has 1 fully saturated rings. The number of nitrogens with one attached hydrogen (secondary N) is 1. The van der Waals surface area contributed by atoms with Crippen LogP contribution < -0.4 is 10.1 Å². The predicted octanol–water partition coefficient (Wildman–Crippen LogP) is 4.58. The number of aldehydes is 1. The fourth-order valence-corrected chi connectivity index (χ4v) is 4.00. The molecule has 0 saturated carbocycles. The average Bonchev–Trinajstić information content (AvgIpc) is 3.23. The lowest BCUT2D eigenvalue weighted by Gasteiger charge is -2.12. The minimum atomic E-state index is -0.241. The molecule has 146 valence electrons. The molecule has 1 N–H and O–H groups in total. The van der Waals surface area contributed by atoms with E-state index in [1.54, 1.807) is 30.6 Å². The summed E-state index contributed by atoms with van der Waals surface area (Å²) in [6, 6.07) is 7.19. The van der Waals surface area contributed by atoms with Crippen molar-refractivity contribution in [3.63, 3.8) is 0 Å². The zero-order chi connectivity index (χ0) is 20.5. The van der Waals surface area contributed by atoms with Gasteiger partial charge >= 0.3 is 0 Å². The van der Waals surface area contributed by atoms with Gasteiger partial charge in [-0.05, 0) is 37.6 Å². The van der Waals surface area contributed by atoms with Gasteiger partial charge in [-0.1, -0.05) is 30.0 Å². The Morgan fingerprint density at radius 2 is 2.10 bits per heavy atom. The number of hydrogen-bond acceptors (Lipinski definition) is 7. The second-order valence-electron chi connectivity index (χ2n) is 6.64. The maximum Gasteiger partial charge on any atom is 0.263 e. The molecule has 1 saturated heterocycles. The SMILES string of the molecule is CC(C)Oc1ccc(-c2cncc3cc(/C=C4/SC(=S)NC4=O)oc23)cc1C=O. The summed E-state index contributed by atoms with van der Waals surface area (Å²) in [5.41, 5.74) is 2.59. The van der Waals surface area contributed by atoms with Crippen LogP contribution in [0.3, 0.4) is 0 Å². The summed E-state index contributed by atoms with van der Waals surface area (Å²) in [7, 11) is 0. The van der Waals surface area contributed by atoms with Crippen LogP contribution in [0.15, 0.2) is 46.0 Å². The molecule has 6 nitrogen and oxygen atoms in total. The van der Waals surface area contributed by atoms with E-state index >= 15 is 0 Å². The topological polar surface area (TPSA) is 81.4 Å². The van der Waals surface area contributed by atoms with E-state index < -0.39 is 0 Å². The number of thiocarbonyl (C=S) groups is 1. The summed E-state index contributed by atoms with van der Waals surface area (Å²) < 4.78 is 12.1. The molecule has 0 radical (unpaired) electrons. The van der Waals surface area contributed by atoms with Crippen LogP contribution >= 0.6 is 24.0 Å². The standard InChI is InChI=1S/C21H16N2O4S2/c1-11(2)26-17-4-3-12(5-14(17)10-24)16-9-22-8-13-6-15(27-19(13)16)7-18-20(25)23-21(28)29-18/h3-11H,1-2H3,(H,23,25,28)/b18-7+. The van der Waals surface area contributed by atoms with Crippen LogP contribution in [0.2, 0.25) is 0 Å². The van der Waals surface area contributed by atoms with Crippen molar-refractivity contribution in [1.82, 2.24) is 10.3 Å². The molecule has 3 heterocycles. The molecular formula is C21H16N2O4S2. The lowest BCUT2D eigenvalue weighted by molar-refractivity contribution is -0.115. The van der Waals surface area contributed by atoms with E-state index in [9.17, 15) is 9.59 Å². The van der Waals surface area contributed by atoms with E-state index in [0.29, 0.717) is 31.9 Å². The summed E-state index contributed by atoms with van der Waals surface area (Å²) in [6.07, 6.45) is 5.75. The Morgan fingerprint density at radius 1 is 1.28 bits per heavy atom. The highest BCUT2D eigenvalue weighted by Gasteiger charge is 2.23. The Hall–Kier alpha value is -2.97. The smallest absolute Gasteiger partial charge is 0.263 e. The van der Waals surface area contributed by atoms with E-state index in [4.69, 9.17) is 21.4 Å². The summed E-state index contributed by atoms with van der Waals surface area (Å²) >= 11 is 6.20. The number of ether oxygens (including phenoxy) is 1.